The molecule has 0 unspecified atom stereocenters. The molecule has 2 aliphatic rings. The van der Waals surface area contributed by atoms with E-state index in [0.29, 0.717) is 25.8 Å². The molecule has 8 nitrogen and oxygen atoms in total. The summed E-state index contributed by atoms with van der Waals surface area (Å²) in [5, 5.41) is 21.1. The molecule has 2 aromatic carbocycles. The van der Waals surface area contributed by atoms with E-state index in [9.17, 15) is 14.7 Å². The Labute approximate surface area is 237 Å². The van der Waals surface area contributed by atoms with Crippen molar-refractivity contribution < 1.29 is 29.3 Å². The number of rotatable bonds is 12. The predicted molar refractivity (Wildman–Crippen MR) is 152 cm³/mol. The molecule has 3 atom stereocenters. The largest absolute Gasteiger partial charge is 0.481 e. The van der Waals surface area contributed by atoms with Crippen molar-refractivity contribution in [1.82, 2.24) is 10.2 Å². The van der Waals surface area contributed by atoms with E-state index in [1.54, 1.807) is 0 Å². The van der Waals surface area contributed by atoms with E-state index in [-0.39, 0.29) is 31.1 Å². The second-order valence-electron chi connectivity index (χ2n) is 11.0. The molecule has 0 spiro atoms. The SMILES string of the molecule is O=C(O)CCCCC(=O)NCc1ccc([C@H]2O[C@@H](CN3CCCCCCC3)C[C@@H](c3ccc(CO)cc3)O2)cc1. The van der Waals surface area contributed by atoms with E-state index in [2.05, 4.69) is 10.2 Å². The molecule has 4 rings (SSSR count). The summed E-state index contributed by atoms with van der Waals surface area (Å²) in [6, 6.07) is 16.0. The Morgan fingerprint density at radius 2 is 1.45 bits per heavy atom. The summed E-state index contributed by atoms with van der Waals surface area (Å²) in [5.41, 5.74) is 3.89. The third-order valence-electron chi connectivity index (χ3n) is 7.81. The first-order valence-corrected chi connectivity index (χ1v) is 14.8. The highest BCUT2D eigenvalue weighted by Gasteiger charge is 2.33. The number of carbonyl (C=O) groups is 2. The molecule has 0 aliphatic carbocycles. The van der Waals surface area contributed by atoms with Crippen LogP contribution in [0.3, 0.4) is 0 Å². The molecular weight excluding hydrogens is 508 g/mol. The number of hydrogen-bond acceptors (Lipinski definition) is 6. The topological polar surface area (TPSA) is 108 Å². The maximum Gasteiger partial charge on any atom is 0.303 e. The number of hydrogen-bond donors (Lipinski definition) is 3. The van der Waals surface area contributed by atoms with Gasteiger partial charge in [-0.2, -0.15) is 0 Å². The fraction of sp³-hybridized carbons (Fsp3) is 0.562. The second-order valence-corrected chi connectivity index (χ2v) is 11.0. The van der Waals surface area contributed by atoms with Crippen LogP contribution >= 0.6 is 0 Å². The van der Waals surface area contributed by atoms with Crippen LogP contribution in [-0.2, 0) is 32.2 Å². The van der Waals surface area contributed by atoms with Gasteiger partial charge in [0.15, 0.2) is 6.29 Å². The van der Waals surface area contributed by atoms with Crippen LogP contribution in [0.2, 0.25) is 0 Å². The van der Waals surface area contributed by atoms with Crippen LogP contribution in [-0.4, -0.2) is 52.7 Å². The number of nitrogens with zero attached hydrogens (tertiary/aromatic N) is 1. The molecule has 2 aliphatic heterocycles. The molecule has 2 saturated heterocycles. The third-order valence-corrected chi connectivity index (χ3v) is 7.81. The molecular formula is C32H44N2O6. The fourth-order valence-electron chi connectivity index (χ4n) is 5.46. The van der Waals surface area contributed by atoms with Crippen molar-refractivity contribution in [3.63, 3.8) is 0 Å². The lowest BCUT2D eigenvalue weighted by Gasteiger charge is -2.38. The lowest BCUT2D eigenvalue weighted by molar-refractivity contribution is -0.253. The van der Waals surface area contributed by atoms with Gasteiger partial charge in [0.2, 0.25) is 5.91 Å². The normalized spacial score (nSPS) is 22.3. The standard InChI is InChI=1S/C32H44N2O6/c35-23-25-12-14-26(15-13-25)29-20-28(22-34-18-6-2-1-3-7-19-34)39-32(40-29)27-16-10-24(11-17-27)21-33-30(36)8-4-5-9-31(37)38/h10-17,28-29,32,35H,1-9,18-23H2,(H,33,36)(H,37,38)/t28-,29+,32+/m1/s1. The third kappa shape index (κ3) is 9.70. The maximum atomic E-state index is 12.1. The van der Waals surface area contributed by atoms with Crippen molar-refractivity contribution in [2.75, 3.05) is 19.6 Å². The summed E-state index contributed by atoms with van der Waals surface area (Å²) in [4.78, 5) is 25.3. The van der Waals surface area contributed by atoms with Crippen LogP contribution in [0.4, 0.5) is 0 Å². The summed E-state index contributed by atoms with van der Waals surface area (Å²) in [5.74, 6) is -0.906. The molecule has 0 radical (unpaired) electrons. The van der Waals surface area contributed by atoms with Crippen molar-refractivity contribution in [3.8, 4) is 0 Å². The highest BCUT2D eigenvalue weighted by Crippen LogP contribution is 2.38. The Balaban J connectivity index is 1.38. The van der Waals surface area contributed by atoms with Gasteiger partial charge < -0.3 is 29.9 Å². The van der Waals surface area contributed by atoms with E-state index in [0.717, 1.165) is 48.3 Å². The molecule has 0 aromatic heterocycles. The Morgan fingerprint density at radius 3 is 2.12 bits per heavy atom. The van der Waals surface area contributed by atoms with Gasteiger partial charge in [-0.1, -0.05) is 67.8 Å². The molecule has 218 valence electrons. The maximum absolute atomic E-state index is 12.1. The Bertz CT molecular complexity index is 1050. The minimum absolute atomic E-state index is 0.0205. The number of unbranched alkanes of at least 4 members (excludes halogenated alkanes) is 1. The van der Waals surface area contributed by atoms with Gasteiger partial charge in [0, 0.05) is 37.9 Å². The summed E-state index contributed by atoms with van der Waals surface area (Å²) in [6.45, 7) is 3.55. The smallest absolute Gasteiger partial charge is 0.303 e. The molecule has 2 aromatic rings. The predicted octanol–water partition coefficient (Wildman–Crippen LogP) is 5.25. The van der Waals surface area contributed by atoms with Crippen LogP contribution in [0.1, 0.15) is 98.9 Å². The van der Waals surface area contributed by atoms with E-state index in [4.69, 9.17) is 14.6 Å². The molecule has 1 amide bonds. The number of carboxylic acid groups (broad SMARTS) is 1. The van der Waals surface area contributed by atoms with Gasteiger partial charge >= 0.3 is 5.97 Å². The number of carboxylic acids is 1. The second kappa shape index (κ2) is 15.9. The van der Waals surface area contributed by atoms with Crippen molar-refractivity contribution in [2.45, 2.75) is 95.9 Å². The number of aliphatic hydroxyl groups is 1. The van der Waals surface area contributed by atoms with Crippen LogP contribution in [0.25, 0.3) is 0 Å². The summed E-state index contributed by atoms with van der Waals surface area (Å²) in [7, 11) is 0. The Morgan fingerprint density at radius 1 is 0.825 bits per heavy atom. The first-order valence-electron chi connectivity index (χ1n) is 14.8. The van der Waals surface area contributed by atoms with Gasteiger partial charge in [0.25, 0.3) is 0 Å². The van der Waals surface area contributed by atoms with E-state index >= 15 is 0 Å². The zero-order chi connectivity index (χ0) is 28.2. The summed E-state index contributed by atoms with van der Waals surface area (Å²) in [6.07, 6.45) is 8.11. The number of aliphatic hydroxyl groups excluding tert-OH is 1. The van der Waals surface area contributed by atoms with Gasteiger partial charge in [-0.05, 0) is 55.5 Å². The first-order chi connectivity index (χ1) is 19.5. The number of ether oxygens (including phenoxy) is 2. The molecule has 2 heterocycles. The monoisotopic (exact) mass is 552 g/mol. The molecule has 3 N–H and O–H groups in total. The number of carbonyl (C=O) groups excluding carboxylic acids is 1. The Kier molecular flexibility index (Phi) is 12.0. The summed E-state index contributed by atoms with van der Waals surface area (Å²) < 4.78 is 13.0. The number of benzene rings is 2. The van der Waals surface area contributed by atoms with Gasteiger partial charge in [-0.25, -0.2) is 0 Å². The van der Waals surface area contributed by atoms with Crippen molar-refractivity contribution >= 4 is 11.9 Å². The molecule has 0 saturated carbocycles. The van der Waals surface area contributed by atoms with Crippen molar-refractivity contribution in [2.24, 2.45) is 0 Å². The minimum Gasteiger partial charge on any atom is -0.481 e. The van der Waals surface area contributed by atoms with Gasteiger partial charge in [-0.3, -0.25) is 9.59 Å². The number of likely N-dealkylation sites (tertiary alicyclic amines) is 1. The average Bonchev–Trinajstić information content (AvgIpc) is 2.95. The quantitative estimate of drug-likeness (QED) is 0.309. The first kappa shape index (κ1) is 30.2. The zero-order valence-corrected chi connectivity index (χ0v) is 23.4. The van der Waals surface area contributed by atoms with Gasteiger partial charge in [0.1, 0.15) is 0 Å². The highest BCUT2D eigenvalue weighted by molar-refractivity contribution is 5.75. The zero-order valence-electron chi connectivity index (χ0n) is 23.4. The number of nitrogens with one attached hydrogen (secondary N) is 1. The van der Waals surface area contributed by atoms with Crippen molar-refractivity contribution in [3.05, 3.63) is 70.8 Å². The van der Waals surface area contributed by atoms with Crippen LogP contribution in [0.15, 0.2) is 48.5 Å². The van der Waals surface area contributed by atoms with E-state index < -0.39 is 12.3 Å². The highest BCUT2D eigenvalue weighted by atomic mass is 16.7. The lowest BCUT2D eigenvalue weighted by Crippen LogP contribution is -2.40. The van der Waals surface area contributed by atoms with Crippen LogP contribution < -0.4 is 5.32 Å². The average molecular weight is 553 g/mol. The number of amides is 1. The van der Waals surface area contributed by atoms with Crippen LogP contribution in [0.5, 0.6) is 0 Å². The summed E-state index contributed by atoms with van der Waals surface area (Å²) >= 11 is 0. The number of aliphatic carboxylic acids is 1. The van der Waals surface area contributed by atoms with E-state index in [1.807, 2.05) is 48.5 Å². The molecule has 0 bridgehead atoms. The van der Waals surface area contributed by atoms with Gasteiger partial charge in [0.05, 0.1) is 18.8 Å². The Hall–Kier alpha value is -2.78. The molecule has 2 fully saturated rings. The molecule has 8 heteroatoms. The van der Waals surface area contributed by atoms with E-state index in [1.165, 1.54) is 32.1 Å². The lowest BCUT2D eigenvalue weighted by atomic mass is 9.99. The fourth-order valence-corrected chi connectivity index (χ4v) is 5.46. The van der Waals surface area contributed by atoms with Gasteiger partial charge in [-0.15, -0.1) is 0 Å². The van der Waals surface area contributed by atoms with Crippen LogP contribution in [0, 0.1) is 0 Å². The molecule has 40 heavy (non-hydrogen) atoms. The van der Waals surface area contributed by atoms with Crippen molar-refractivity contribution in [1.29, 1.82) is 0 Å². The minimum atomic E-state index is -0.832.